The molecule has 0 fully saturated rings. The molecule has 0 aromatic carbocycles. The Bertz CT molecular complexity index is 95.0. The average molecular weight is 155 g/mol. The van der Waals surface area contributed by atoms with E-state index in [1.54, 1.807) is 0 Å². The van der Waals surface area contributed by atoms with Crippen LogP contribution in [0.15, 0.2) is 12.2 Å². The van der Waals surface area contributed by atoms with Gasteiger partial charge in [-0.25, -0.2) is 0 Å². The van der Waals surface area contributed by atoms with E-state index in [2.05, 4.69) is 38.2 Å². The SMILES string of the molecule is CCCC=CCCNC(C)C. The van der Waals surface area contributed by atoms with E-state index < -0.39 is 0 Å². The van der Waals surface area contributed by atoms with Gasteiger partial charge < -0.3 is 5.32 Å². The first-order valence-electron chi connectivity index (χ1n) is 4.65. The van der Waals surface area contributed by atoms with Crippen LogP contribution in [0, 0.1) is 0 Å². The van der Waals surface area contributed by atoms with Crippen molar-refractivity contribution in [2.45, 2.75) is 46.1 Å². The van der Waals surface area contributed by atoms with Crippen molar-refractivity contribution in [3.63, 3.8) is 0 Å². The van der Waals surface area contributed by atoms with E-state index in [9.17, 15) is 0 Å². The molecular weight excluding hydrogens is 134 g/mol. The molecule has 1 N–H and O–H groups in total. The van der Waals surface area contributed by atoms with E-state index in [1.807, 2.05) is 0 Å². The molecule has 0 bridgehead atoms. The van der Waals surface area contributed by atoms with Crippen LogP contribution in [0.3, 0.4) is 0 Å². The van der Waals surface area contributed by atoms with Gasteiger partial charge in [0.2, 0.25) is 0 Å². The van der Waals surface area contributed by atoms with Gasteiger partial charge in [-0.15, -0.1) is 0 Å². The first-order chi connectivity index (χ1) is 5.27. The van der Waals surface area contributed by atoms with Gasteiger partial charge in [0.25, 0.3) is 0 Å². The zero-order valence-electron chi connectivity index (χ0n) is 8.06. The molecule has 0 radical (unpaired) electrons. The molecule has 0 heterocycles. The lowest BCUT2D eigenvalue weighted by atomic mass is 10.3. The first-order valence-corrected chi connectivity index (χ1v) is 4.65. The summed E-state index contributed by atoms with van der Waals surface area (Å²) in [6.45, 7) is 7.67. The third kappa shape index (κ3) is 9.70. The maximum Gasteiger partial charge on any atom is 0.00105 e. The monoisotopic (exact) mass is 155 g/mol. The third-order valence-corrected chi connectivity index (χ3v) is 1.49. The first kappa shape index (κ1) is 10.7. The fourth-order valence-corrected chi connectivity index (χ4v) is 0.858. The highest BCUT2D eigenvalue weighted by molar-refractivity contribution is 4.81. The Morgan fingerprint density at radius 2 is 1.82 bits per heavy atom. The summed E-state index contributed by atoms with van der Waals surface area (Å²) in [7, 11) is 0. The van der Waals surface area contributed by atoms with Crippen LogP contribution in [0.5, 0.6) is 0 Å². The lowest BCUT2D eigenvalue weighted by Gasteiger charge is -2.04. The van der Waals surface area contributed by atoms with Gasteiger partial charge in [-0.1, -0.05) is 39.3 Å². The largest absolute Gasteiger partial charge is 0.314 e. The highest BCUT2D eigenvalue weighted by Gasteiger charge is 1.87. The summed E-state index contributed by atoms with van der Waals surface area (Å²) >= 11 is 0. The molecule has 1 heteroatoms. The third-order valence-electron chi connectivity index (χ3n) is 1.49. The topological polar surface area (TPSA) is 12.0 Å². The minimum absolute atomic E-state index is 0.620. The molecule has 0 aromatic rings. The van der Waals surface area contributed by atoms with Crippen molar-refractivity contribution in [1.29, 1.82) is 0 Å². The molecule has 0 saturated heterocycles. The molecule has 0 atom stereocenters. The molecule has 0 aliphatic heterocycles. The molecule has 0 aromatic heterocycles. The summed E-state index contributed by atoms with van der Waals surface area (Å²) in [6, 6.07) is 0.620. The zero-order valence-corrected chi connectivity index (χ0v) is 8.06. The average Bonchev–Trinajstić information content (AvgIpc) is 1.96. The van der Waals surface area contributed by atoms with Crippen LogP contribution in [0.4, 0.5) is 0 Å². The number of allylic oxidation sites excluding steroid dienone is 1. The van der Waals surface area contributed by atoms with Crippen LogP contribution in [0.2, 0.25) is 0 Å². The second-order valence-corrected chi connectivity index (χ2v) is 3.16. The highest BCUT2D eigenvalue weighted by atomic mass is 14.9. The molecule has 0 saturated carbocycles. The molecule has 0 aliphatic carbocycles. The molecule has 0 amide bonds. The number of hydrogen-bond acceptors (Lipinski definition) is 1. The molecular formula is C10H21N. The fourth-order valence-electron chi connectivity index (χ4n) is 0.858. The number of rotatable bonds is 6. The Morgan fingerprint density at radius 1 is 1.18 bits per heavy atom. The maximum absolute atomic E-state index is 3.37. The summed E-state index contributed by atoms with van der Waals surface area (Å²) in [5.74, 6) is 0. The Morgan fingerprint density at radius 3 is 2.36 bits per heavy atom. The van der Waals surface area contributed by atoms with E-state index in [0.717, 1.165) is 13.0 Å². The summed E-state index contributed by atoms with van der Waals surface area (Å²) in [4.78, 5) is 0. The Kier molecular flexibility index (Phi) is 7.59. The van der Waals surface area contributed by atoms with Gasteiger partial charge in [0.15, 0.2) is 0 Å². The number of nitrogens with one attached hydrogen (secondary N) is 1. The lowest BCUT2D eigenvalue weighted by Crippen LogP contribution is -2.23. The van der Waals surface area contributed by atoms with Crippen molar-refractivity contribution in [2.75, 3.05) is 6.54 Å². The van der Waals surface area contributed by atoms with Gasteiger partial charge in [0.05, 0.1) is 0 Å². The minimum atomic E-state index is 0.620. The normalized spacial score (nSPS) is 11.6. The van der Waals surface area contributed by atoms with Crippen LogP contribution in [-0.4, -0.2) is 12.6 Å². The molecule has 0 aliphatic rings. The summed E-state index contributed by atoms with van der Waals surface area (Å²) in [6.07, 6.45) is 8.18. The van der Waals surface area contributed by atoms with Crippen LogP contribution in [0.1, 0.15) is 40.0 Å². The Hall–Kier alpha value is -0.300. The van der Waals surface area contributed by atoms with Crippen LogP contribution in [0.25, 0.3) is 0 Å². The molecule has 11 heavy (non-hydrogen) atoms. The van der Waals surface area contributed by atoms with E-state index in [4.69, 9.17) is 0 Å². The second kappa shape index (κ2) is 7.80. The van der Waals surface area contributed by atoms with Crippen LogP contribution < -0.4 is 5.32 Å². The van der Waals surface area contributed by atoms with Crippen LogP contribution >= 0.6 is 0 Å². The van der Waals surface area contributed by atoms with Gasteiger partial charge in [0.1, 0.15) is 0 Å². The van der Waals surface area contributed by atoms with E-state index in [-0.39, 0.29) is 0 Å². The van der Waals surface area contributed by atoms with Gasteiger partial charge in [0, 0.05) is 6.04 Å². The fraction of sp³-hybridized carbons (Fsp3) is 0.800. The van der Waals surface area contributed by atoms with E-state index in [1.165, 1.54) is 12.8 Å². The Balaban J connectivity index is 3.01. The summed E-state index contributed by atoms with van der Waals surface area (Å²) in [5.41, 5.74) is 0. The molecule has 0 unspecified atom stereocenters. The van der Waals surface area contributed by atoms with E-state index >= 15 is 0 Å². The van der Waals surface area contributed by atoms with Crippen molar-refractivity contribution < 1.29 is 0 Å². The van der Waals surface area contributed by atoms with Crippen molar-refractivity contribution in [3.8, 4) is 0 Å². The van der Waals surface area contributed by atoms with Crippen molar-refractivity contribution in [3.05, 3.63) is 12.2 Å². The highest BCUT2D eigenvalue weighted by Crippen LogP contribution is 1.90. The molecule has 0 rings (SSSR count). The van der Waals surface area contributed by atoms with Gasteiger partial charge >= 0.3 is 0 Å². The molecule has 66 valence electrons. The van der Waals surface area contributed by atoms with Crippen molar-refractivity contribution in [2.24, 2.45) is 0 Å². The standard InChI is InChI=1S/C10H21N/c1-4-5-6-7-8-9-11-10(2)3/h6-7,10-11H,4-5,8-9H2,1-3H3. The number of hydrogen-bond donors (Lipinski definition) is 1. The predicted octanol–water partition coefficient (Wildman–Crippen LogP) is 2.73. The minimum Gasteiger partial charge on any atom is -0.314 e. The quantitative estimate of drug-likeness (QED) is 0.459. The number of unbranched alkanes of at least 4 members (excludes halogenated alkanes) is 1. The molecule has 1 nitrogen and oxygen atoms in total. The smallest absolute Gasteiger partial charge is 0.00105 e. The van der Waals surface area contributed by atoms with Gasteiger partial charge in [-0.2, -0.15) is 0 Å². The second-order valence-electron chi connectivity index (χ2n) is 3.16. The molecule has 0 spiro atoms. The summed E-state index contributed by atoms with van der Waals surface area (Å²) in [5, 5.41) is 3.37. The van der Waals surface area contributed by atoms with Crippen molar-refractivity contribution >= 4 is 0 Å². The van der Waals surface area contributed by atoms with Crippen molar-refractivity contribution in [1.82, 2.24) is 5.32 Å². The summed E-state index contributed by atoms with van der Waals surface area (Å²) < 4.78 is 0. The predicted molar refractivity (Wildman–Crippen MR) is 51.8 cm³/mol. The van der Waals surface area contributed by atoms with E-state index in [0.29, 0.717) is 6.04 Å². The van der Waals surface area contributed by atoms with Crippen LogP contribution in [-0.2, 0) is 0 Å². The zero-order chi connectivity index (χ0) is 8.53. The Labute approximate surface area is 70.9 Å². The lowest BCUT2D eigenvalue weighted by molar-refractivity contribution is 0.594. The van der Waals surface area contributed by atoms with Gasteiger partial charge in [-0.3, -0.25) is 0 Å². The van der Waals surface area contributed by atoms with Gasteiger partial charge in [-0.05, 0) is 19.4 Å². The maximum atomic E-state index is 3.37.